The number of piperidine rings is 1. The summed E-state index contributed by atoms with van der Waals surface area (Å²) in [6.45, 7) is 2.63. The van der Waals surface area contributed by atoms with Crippen LogP contribution in [0.5, 0.6) is 0 Å². The fraction of sp³-hybridized carbons (Fsp3) is 0.421. The van der Waals surface area contributed by atoms with Gasteiger partial charge in [0.1, 0.15) is 23.0 Å². The van der Waals surface area contributed by atoms with Gasteiger partial charge >= 0.3 is 0 Å². The van der Waals surface area contributed by atoms with Crippen LogP contribution in [-0.4, -0.2) is 50.9 Å². The Morgan fingerprint density at radius 1 is 1.31 bits per heavy atom. The van der Waals surface area contributed by atoms with Crippen LogP contribution in [0.15, 0.2) is 32.5 Å². The number of ketones is 1. The predicted molar refractivity (Wildman–Crippen MR) is 104 cm³/mol. The number of carbonyl (C=O) groups excluding carboxylic acids is 2. The van der Waals surface area contributed by atoms with Gasteiger partial charge in [-0.2, -0.15) is 0 Å². The number of oxime groups is 1. The Hall–Kier alpha value is -2.62. The highest BCUT2D eigenvalue weighted by Gasteiger charge is 2.28. The van der Waals surface area contributed by atoms with E-state index in [9.17, 15) is 19.2 Å². The van der Waals surface area contributed by atoms with Crippen molar-refractivity contribution in [2.24, 2.45) is 11.1 Å². The van der Waals surface area contributed by atoms with E-state index in [1.54, 1.807) is 17.0 Å². The fourth-order valence-corrected chi connectivity index (χ4v) is 3.80. The number of rotatable bonds is 6. The molecule has 3 rings (SSSR count). The van der Waals surface area contributed by atoms with Crippen molar-refractivity contribution in [2.75, 3.05) is 13.1 Å². The SMILES string of the molecule is CC(=O)N1CCC(C(=O)Cc2nonc2C(Cc2ccc(F)c(Br)c2)=NO)CC1. The van der Waals surface area contributed by atoms with E-state index >= 15 is 0 Å². The second-order valence-electron chi connectivity index (χ2n) is 6.95. The van der Waals surface area contributed by atoms with Gasteiger partial charge < -0.3 is 10.1 Å². The average Bonchev–Trinajstić information content (AvgIpc) is 3.16. The van der Waals surface area contributed by atoms with Crippen molar-refractivity contribution in [1.29, 1.82) is 0 Å². The Morgan fingerprint density at radius 3 is 2.66 bits per heavy atom. The van der Waals surface area contributed by atoms with Gasteiger partial charge in [0.25, 0.3) is 0 Å². The first-order chi connectivity index (χ1) is 13.9. The molecule has 2 heterocycles. The van der Waals surface area contributed by atoms with E-state index in [2.05, 4.69) is 31.4 Å². The Labute approximate surface area is 174 Å². The van der Waals surface area contributed by atoms with Crippen LogP contribution in [0.1, 0.15) is 36.7 Å². The van der Waals surface area contributed by atoms with Gasteiger partial charge in [-0.05, 0) is 51.6 Å². The molecule has 1 aliphatic rings. The van der Waals surface area contributed by atoms with Crippen molar-refractivity contribution in [1.82, 2.24) is 15.2 Å². The minimum Gasteiger partial charge on any atom is -0.411 e. The average molecular weight is 467 g/mol. The van der Waals surface area contributed by atoms with E-state index < -0.39 is 5.82 Å². The summed E-state index contributed by atoms with van der Waals surface area (Å²) in [4.78, 5) is 25.8. The van der Waals surface area contributed by atoms with E-state index in [1.165, 1.54) is 13.0 Å². The monoisotopic (exact) mass is 466 g/mol. The molecule has 0 saturated carbocycles. The van der Waals surface area contributed by atoms with E-state index in [-0.39, 0.29) is 52.0 Å². The first-order valence-electron chi connectivity index (χ1n) is 9.14. The number of amides is 1. The largest absolute Gasteiger partial charge is 0.411 e. The van der Waals surface area contributed by atoms with Crippen LogP contribution in [0.4, 0.5) is 4.39 Å². The molecule has 1 saturated heterocycles. The summed E-state index contributed by atoms with van der Waals surface area (Å²) in [7, 11) is 0. The van der Waals surface area contributed by atoms with Gasteiger partial charge in [0.15, 0.2) is 5.69 Å². The van der Waals surface area contributed by atoms with Crippen molar-refractivity contribution in [3.63, 3.8) is 0 Å². The Morgan fingerprint density at radius 2 is 2.03 bits per heavy atom. The number of nitrogens with zero attached hydrogens (tertiary/aromatic N) is 4. The number of aromatic nitrogens is 2. The van der Waals surface area contributed by atoms with E-state index in [4.69, 9.17) is 4.63 Å². The Balaban J connectivity index is 1.68. The molecule has 1 amide bonds. The van der Waals surface area contributed by atoms with Crippen LogP contribution in [0.25, 0.3) is 0 Å². The number of hydrogen-bond donors (Lipinski definition) is 1. The van der Waals surface area contributed by atoms with Crippen LogP contribution < -0.4 is 0 Å². The lowest BCUT2D eigenvalue weighted by Crippen LogP contribution is -2.39. The molecule has 0 spiro atoms. The van der Waals surface area contributed by atoms with Gasteiger partial charge in [-0.1, -0.05) is 16.4 Å². The molecule has 8 nitrogen and oxygen atoms in total. The number of likely N-dealkylation sites (tertiary alicyclic amines) is 1. The summed E-state index contributed by atoms with van der Waals surface area (Å²) < 4.78 is 18.5. The van der Waals surface area contributed by atoms with Gasteiger partial charge in [0.2, 0.25) is 5.91 Å². The third-order valence-electron chi connectivity index (χ3n) is 5.04. The van der Waals surface area contributed by atoms with Gasteiger partial charge in [0.05, 0.1) is 10.9 Å². The van der Waals surface area contributed by atoms with Gasteiger partial charge in [-0.3, -0.25) is 9.59 Å². The van der Waals surface area contributed by atoms with Gasteiger partial charge in [-0.15, -0.1) is 0 Å². The molecule has 154 valence electrons. The van der Waals surface area contributed by atoms with E-state index in [0.717, 1.165) is 0 Å². The second-order valence-corrected chi connectivity index (χ2v) is 7.81. The molecule has 2 aromatic rings. The van der Waals surface area contributed by atoms with Crippen LogP contribution in [0.2, 0.25) is 0 Å². The Bertz CT molecular complexity index is 938. The van der Waals surface area contributed by atoms with Crippen molar-refractivity contribution < 1.29 is 23.8 Å². The molecule has 1 fully saturated rings. The smallest absolute Gasteiger partial charge is 0.219 e. The summed E-state index contributed by atoms with van der Waals surface area (Å²) >= 11 is 3.12. The van der Waals surface area contributed by atoms with E-state index in [1.807, 2.05) is 0 Å². The predicted octanol–water partition coefficient (Wildman–Crippen LogP) is 2.76. The number of carbonyl (C=O) groups is 2. The molecule has 0 radical (unpaired) electrons. The van der Waals surface area contributed by atoms with Gasteiger partial charge in [0, 0.05) is 32.4 Å². The van der Waals surface area contributed by atoms with Crippen LogP contribution >= 0.6 is 15.9 Å². The number of halogens is 2. The first kappa shape index (κ1) is 21.1. The number of hydrogen-bond acceptors (Lipinski definition) is 7. The lowest BCUT2D eigenvalue weighted by atomic mass is 9.89. The lowest BCUT2D eigenvalue weighted by Gasteiger charge is -2.30. The summed E-state index contributed by atoms with van der Waals surface area (Å²) in [5.41, 5.74) is 1.34. The van der Waals surface area contributed by atoms with Crippen molar-refractivity contribution in [3.05, 3.63) is 45.4 Å². The molecule has 1 aromatic heterocycles. The zero-order valence-electron chi connectivity index (χ0n) is 15.8. The molecule has 29 heavy (non-hydrogen) atoms. The molecule has 0 aliphatic carbocycles. The molecule has 0 atom stereocenters. The lowest BCUT2D eigenvalue weighted by molar-refractivity contribution is -0.133. The van der Waals surface area contributed by atoms with E-state index in [0.29, 0.717) is 31.5 Å². The van der Waals surface area contributed by atoms with Crippen molar-refractivity contribution >= 4 is 33.3 Å². The minimum absolute atomic E-state index is 0.00426. The zero-order chi connectivity index (χ0) is 21.0. The quantitative estimate of drug-likeness (QED) is 0.398. The van der Waals surface area contributed by atoms with Crippen LogP contribution in [-0.2, 0) is 22.4 Å². The number of Topliss-reactive ketones (excluding diaryl/α,β-unsaturated/α-hetero) is 1. The molecule has 0 unspecified atom stereocenters. The molecule has 10 heteroatoms. The van der Waals surface area contributed by atoms with Crippen molar-refractivity contribution in [3.8, 4) is 0 Å². The maximum Gasteiger partial charge on any atom is 0.219 e. The maximum absolute atomic E-state index is 13.4. The highest BCUT2D eigenvalue weighted by molar-refractivity contribution is 9.10. The van der Waals surface area contributed by atoms with Crippen LogP contribution in [0.3, 0.4) is 0 Å². The normalized spacial score (nSPS) is 15.6. The molecular weight excluding hydrogens is 447 g/mol. The van der Waals surface area contributed by atoms with Crippen molar-refractivity contribution in [2.45, 2.75) is 32.6 Å². The highest BCUT2D eigenvalue weighted by atomic mass is 79.9. The molecule has 1 aliphatic heterocycles. The fourth-order valence-electron chi connectivity index (χ4n) is 3.38. The summed E-state index contributed by atoms with van der Waals surface area (Å²) in [5, 5.41) is 20.3. The zero-order valence-corrected chi connectivity index (χ0v) is 17.4. The van der Waals surface area contributed by atoms with Gasteiger partial charge in [-0.25, -0.2) is 9.02 Å². The molecular formula is C19H20BrFN4O4. The summed E-state index contributed by atoms with van der Waals surface area (Å²) in [6, 6.07) is 4.43. The second kappa shape index (κ2) is 9.25. The first-order valence-corrected chi connectivity index (χ1v) is 9.93. The number of benzene rings is 1. The standard InChI is InChI=1S/C19H20BrFN4O4/c1-11(26)25-6-4-13(5-7-25)18(27)10-17-19(24-29-23-17)16(22-28)9-12-2-3-15(21)14(20)8-12/h2-3,8,13,28H,4-7,9-10H2,1H3. The third kappa shape index (κ3) is 5.06. The molecule has 1 aromatic carbocycles. The molecule has 0 bridgehead atoms. The maximum atomic E-state index is 13.4. The minimum atomic E-state index is -0.401. The van der Waals surface area contributed by atoms with Crippen LogP contribution in [0, 0.1) is 11.7 Å². The topological polar surface area (TPSA) is 109 Å². The summed E-state index contributed by atoms with van der Waals surface area (Å²) in [6.07, 6.45) is 1.35. The highest BCUT2D eigenvalue weighted by Crippen LogP contribution is 2.22. The Kier molecular flexibility index (Phi) is 6.73. The summed E-state index contributed by atoms with van der Waals surface area (Å²) in [5.74, 6) is -0.582. The molecule has 1 N–H and O–H groups in total. The third-order valence-corrected chi connectivity index (χ3v) is 5.65.